The van der Waals surface area contributed by atoms with Gasteiger partial charge >= 0.3 is 0 Å². The summed E-state index contributed by atoms with van der Waals surface area (Å²) in [5.41, 5.74) is 1.37. The van der Waals surface area contributed by atoms with Crippen molar-refractivity contribution >= 4 is 5.69 Å². The van der Waals surface area contributed by atoms with Crippen LogP contribution in [0.1, 0.15) is 33.1 Å². The van der Waals surface area contributed by atoms with E-state index in [2.05, 4.69) is 66.3 Å². The van der Waals surface area contributed by atoms with Gasteiger partial charge in [-0.25, -0.2) is 0 Å². The normalized spacial score (nSPS) is 16.9. The topological polar surface area (TPSA) is 18.5 Å². The lowest BCUT2D eigenvalue weighted by Crippen LogP contribution is -2.43. The third kappa shape index (κ3) is 5.33. The van der Waals surface area contributed by atoms with Crippen molar-refractivity contribution < 1.29 is 0 Å². The average molecular weight is 289 g/mol. The maximum absolute atomic E-state index is 3.73. The van der Waals surface area contributed by atoms with Gasteiger partial charge in [-0.15, -0.1) is 0 Å². The second-order valence-corrected chi connectivity index (χ2v) is 6.48. The summed E-state index contributed by atoms with van der Waals surface area (Å²) in [4.78, 5) is 4.92. The Bertz CT molecular complexity index is 383. The first kappa shape index (κ1) is 16.3. The fourth-order valence-electron chi connectivity index (χ4n) is 2.87. The standard InChI is InChI=1S/C18H31N3/c1-16(2)20(3)13-7-12-19-17-10-14-21(15-11-17)18-8-5-4-6-9-18/h4-6,8-9,16-17,19H,7,10-15H2,1-3H3. The Kier molecular flexibility index (Phi) is 6.52. The zero-order chi connectivity index (χ0) is 15.1. The molecule has 3 heteroatoms. The first-order chi connectivity index (χ1) is 10.2. The van der Waals surface area contributed by atoms with Crippen LogP contribution in [0.2, 0.25) is 0 Å². The molecule has 0 aromatic heterocycles. The molecular formula is C18H31N3. The van der Waals surface area contributed by atoms with E-state index in [1.54, 1.807) is 0 Å². The second kappa shape index (κ2) is 8.40. The summed E-state index contributed by atoms with van der Waals surface area (Å²) in [7, 11) is 2.21. The fourth-order valence-corrected chi connectivity index (χ4v) is 2.87. The first-order valence-corrected chi connectivity index (χ1v) is 8.40. The summed E-state index contributed by atoms with van der Waals surface area (Å²) in [6, 6.07) is 12.1. The maximum Gasteiger partial charge on any atom is 0.0366 e. The van der Waals surface area contributed by atoms with Crippen molar-refractivity contribution in [1.29, 1.82) is 0 Å². The number of benzene rings is 1. The van der Waals surface area contributed by atoms with E-state index in [0.717, 1.165) is 6.54 Å². The Labute approximate surface area is 130 Å². The van der Waals surface area contributed by atoms with Crippen LogP contribution in [0.3, 0.4) is 0 Å². The third-order valence-electron chi connectivity index (χ3n) is 4.62. The molecule has 1 aromatic rings. The van der Waals surface area contributed by atoms with Crippen molar-refractivity contribution in [3.05, 3.63) is 30.3 Å². The highest BCUT2D eigenvalue weighted by Crippen LogP contribution is 2.19. The molecular weight excluding hydrogens is 258 g/mol. The van der Waals surface area contributed by atoms with Crippen LogP contribution in [0.4, 0.5) is 5.69 Å². The third-order valence-corrected chi connectivity index (χ3v) is 4.62. The van der Waals surface area contributed by atoms with Gasteiger partial charge < -0.3 is 15.1 Å². The molecule has 0 radical (unpaired) electrons. The number of rotatable bonds is 7. The second-order valence-electron chi connectivity index (χ2n) is 6.48. The highest BCUT2D eigenvalue weighted by Gasteiger charge is 2.18. The molecule has 0 bridgehead atoms. The van der Waals surface area contributed by atoms with Crippen LogP contribution in [0, 0.1) is 0 Å². The van der Waals surface area contributed by atoms with E-state index in [4.69, 9.17) is 0 Å². The van der Waals surface area contributed by atoms with E-state index < -0.39 is 0 Å². The number of hydrogen-bond donors (Lipinski definition) is 1. The molecule has 1 aromatic carbocycles. The Balaban J connectivity index is 1.61. The highest BCUT2D eigenvalue weighted by molar-refractivity contribution is 5.46. The minimum absolute atomic E-state index is 0.652. The van der Waals surface area contributed by atoms with Crippen LogP contribution in [0.5, 0.6) is 0 Å². The lowest BCUT2D eigenvalue weighted by Gasteiger charge is -2.34. The van der Waals surface area contributed by atoms with Gasteiger partial charge in [0.2, 0.25) is 0 Å². The molecule has 0 amide bonds. The summed E-state index contributed by atoms with van der Waals surface area (Å²) in [5, 5.41) is 3.73. The van der Waals surface area contributed by atoms with E-state index >= 15 is 0 Å². The number of nitrogens with one attached hydrogen (secondary N) is 1. The van der Waals surface area contributed by atoms with Crippen molar-refractivity contribution in [2.45, 2.75) is 45.2 Å². The van der Waals surface area contributed by atoms with Crippen molar-refractivity contribution in [2.24, 2.45) is 0 Å². The smallest absolute Gasteiger partial charge is 0.0366 e. The fraction of sp³-hybridized carbons (Fsp3) is 0.667. The van der Waals surface area contributed by atoms with Crippen LogP contribution >= 0.6 is 0 Å². The Hall–Kier alpha value is -1.06. The van der Waals surface area contributed by atoms with E-state index in [-0.39, 0.29) is 0 Å². The van der Waals surface area contributed by atoms with Gasteiger partial charge in [-0.3, -0.25) is 0 Å². The summed E-state index contributed by atoms with van der Waals surface area (Å²) in [6.45, 7) is 9.20. The van der Waals surface area contributed by atoms with Gasteiger partial charge in [0.05, 0.1) is 0 Å². The van der Waals surface area contributed by atoms with Gasteiger partial charge in [0.25, 0.3) is 0 Å². The molecule has 1 N–H and O–H groups in total. The number of hydrogen-bond acceptors (Lipinski definition) is 3. The van der Waals surface area contributed by atoms with Crippen molar-refractivity contribution in [3.63, 3.8) is 0 Å². The minimum atomic E-state index is 0.652. The Morgan fingerprint density at radius 3 is 2.48 bits per heavy atom. The molecule has 0 unspecified atom stereocenters. The van der Waals surface area contributed by atoms with Crippen LogP contribution < -0.4 is 10.2 Å². The van der Waals surface area contributed by atoms with Gasteiger partial charge in [-0.2, -0.15) is 0 Å². The number of para-hydroxylation sites is 1. The predicted octanol–water partition coefficient (Wildman–Crippen LogP) is 2.98. The zero-order valence-corrected chi connectivity index (χ0v) is 13.9. The Morgan fingerprint density at radius 1 is 1.19 bits per heavy atom. The molecule has 0 spiro atoms. The molecule has 1 heterocycles. The van der Waals surface area contributed by atoms with Crippen LogP contribution in [0.15, 0.2) is 30.3 Å². The van der Waals surface area contributed by atoms with Crippen molar-refractivity contribution in [2.75, 3.05) is 38.1 Å². The molecule has 118 valence electrons. The zero-order valence-electron chi connectivity index (χ0n) is 13.9. The van der Waals surface area contributed by atoms with E-state index in [1.165, 1.54) is 44.6 Å². The molecule has 1 aliphatic heterocycles. The number of nitrogens with zero attached hydrogens (tertiary/aromatic N) is 2. The van der Waals surface area contributed by atoms with E-state index in [1.807, 2.05) is 0 Å². The lowest BCUT2D eigenvalue weighted by molar-refractivity contribution is 0.266. The number of piperidine rings is 1. The largest absolute Gasteiger partial charge is 0.371 e. The SMILES string of the molecule is CC(C)N(C)CCCNC1CCN(c2ccccc2)CC1. The molecule has 1 saturated heterocycles. The summed E-state index contributed by atoms with van der Waals surface area (Å²) >= 11 is 0. The monoisotopic (exact) mass is 289 g/mol. The summed E-state index contributed by atoms with van der Waals surface area (Å²) in [5.74, 6) is 0. The molecule has 2 rings (SSSR count). The van der Waals surface area contributed by atoms with Gasteiger partial charge in [0, 0.05) is 30.9 Å². The van der Waals surface area contributed by atoms with Crippen molar-refractivity contribution in [1.82, 2.24) is 10.2 Å². The van der Waals surface area contributed by atoms with Crippen LogP contribution in [0.25, 0.3) is 0 Å². The van der Waals surface area contributed by atoms with Gasteiger partial charge in [-0.05, 0) is 65.4 Å². The van der Waals surface area contributed by atoms with Crippen LogP contribution in [-0.4, -0.2) is 50.2 Å². The maximum atomic E-state index is 3.73. The molecule has 0 atom stereocenters. The van der Waals surface area contributed by atoms with Gasteiger partial charge in [0.15, 0.2) is 0 Å². The average Bonchev–Trinajstić information content (AvgIpc) is 2.52. The summed E-state index contributed by atoms with van der Waals surface area (Å²) < 4.78 is 0. The highest BCUT2D eigenvalue weighted by atomic mass is 15.1. The summed E-state index contributed by atoms with van der Waals surface area (Å²) in [6.07, 6.45) is 3.76. The van der Waals surface area contributed by atoms with E-state index in [0.29, 0.717) is 12.1 Å². The van der Waals surface area contributed by atoms with Gasteiger partial charge in [-0.1, -0.05) is 18.2 Å². The van der Waals surface area contributed by atoms with Gasteiger partial charge in [0.1, 0.15) is 0 Å². The molecule has 0 aliphatic carbocycles. The van der Waals surface area contributed by atoms with E-state index in [9.17, 15) is 0 Å². The number of anilines is 1. The predicted molar refractivity (Wildman–Crippen MR) is 92.1 cm³/mol. The minimum Gasteiger partial charge on any atom is -0.371 e. The Morgan fingerprint density at radius 2 is 1.86 bits per heavy atom. The molecule has 3 nitrogen and oxygen atoms in total. The lowest BCUT2D eigenvalue weighted by atomic mass is 10.0. The molecule has 0 saturated carbocycles. The molecule has 21 heavy (non-hydrogen) atoms. The molecule has 1 aliphatic rings. The quantitative estimate of drug-likeness (QED) is 0.779. The van der Waals surface area contributed by atoms with Crippen LogP contribution in [-0.2, 0) is 0 Å². The van der Waals surface area contributed by atoms with Crippen molar-refractivity contribution in [3.8, 4) is 0 Å². The first-order valence-electron chi connectivity index (χ1n) is 8.40. The molecule has 1 fully saturated rings.